The lowest BCUT2D eigenvalue weighted by Crippen LogP contribution is -2.46. The fourth-order valence-electron chi connectivity index (χ4n) is 2.26. The predicted molar refractivity (Wildman–Crippen MR) is 73.9 cm³/mol. The third-order valence-corrected chi connectivity index (χ3v) is 4.67. The van der Waals surface area contributed by atoms with E-state index in [4.69, 9.17) is 0 Å². The Morgan fingerprint density at radius 2 is 1.74 bits per heavy atom. The Morgan fingerprint density at radius 3 is 2.21 bits per heavy atom. The van der Waals surface area contributed by atoms with Gasteiger partial charge in [-0.2, -0.15) is 0 Å². The fourth-order valence-corrected chi connectivity index (χ4v) is 2.85. The lowest BCUT2D eigenvalue weighted by molar-refractivity contribution is -0.129. The van der Waals surface area contributed by atoms with Crippen molar-refractivity contribution in [3.05, 3.63) is 35.6 Å². The van der Waals surface area contributed by atoms with Crippen molar-refractivity contribution in [1.29, 1.82) is 0 Å². The molecule has 1 aromatic rings. The van der Waals surface area contributed by atoms with E-state index in [1.807, 2.05) is 0 Å². The topological polar surface area (TPSA) is 37.4 Å². The molecule has 0 bridgehead atoms. The molecule has 1 saturated heterocycles. The van der Waals surface area contributed by atoms with Crippen molar-refractivity contribution < 1.29 is 14.0 Å². The third kappa shape index (κ3) is 3.03. The van der Waals surface area contributed by atoms with Gasteiger partial charge in [0.05, 0.1) is 4.32 Å². The molecule has 102 valence electrons. The molecule has 0 atom stereocenters. The summed E-state index contributed by atoms with van der Waals surface area (Å²) in [6.07, 6.45) is 1.14. The molecule has 1 aromatic carbocycles. The number of alkyl halides is 1. The minimum absolute atomic E-state index is 0.0313. The maximum absolute atomic E-state index is 12.9. The molecule has 1 aliphatic heterocycles. The van der Waals surface area contributed by atoms with Crippen LogP contribution in [0, 0.1) is 5.82 Å². The number of carbonyl (C=O) groups is 2. The number of halogens is 2. The zero-order valence-electron chi connectivity index (χ0n) is 10.7. The second kappa shape index (κ2) is 5.41. The first-order chi connectivity index (χ1) is 8.92. The molecule has 1 aliphatic rings. The monoisotopic (exact) mass is 327 g/mol. The smallest absolute Gasteiger partial charge is 0.219 e. The van der Waals surface area contributed by atoms with Crippen LogP contribution in [0.2, 0.25) is 0 Å². The van der Waals surface area contributed by atoms with Gasteiger partial charge in [-0.3, -0.25) is 9.59 Å². The second-order valence-corrected chi connectivity index (χ2v) is 6.33. The van der Waals surface area contributed by atoms with Crippen LogP contribution in [0.5, 0.6) is 0 Å². The van der Waals surface area contributed by atoms with Crippen molar-refractivity contribution in [2.45, 2.75) is 24.1 Å². The highest BCUT2D eigenvalue weighted by molar-refractivity contribution is 9.10. The minimum atomic E-state index is -0.642. The van der Waals surface area contributed by atoms with Gasteiger partial charge in [0.25, 0.3) is 0 Å². The van der Waals surface area contributed by atoms with Gasteiger partial charge >= 0.3 is 0 Å². The van der Waals surface area contributed by atoms with E-state index in [2.05, 4.69) is 15.9 Å². The number of benzene rings is 1. The van der Waals surface area contributed by atoms with Crippen LogP contribution in [-0.4, -0.2) is 34.0 Å². The first kappa shape index (κ1) is 14.2. The average molecular weight is 328 g/mol. The van der Waals surface area contributed by atoms with E-state index >= 15 is 0 Å². The minimum Gasteiger partial charge on any atom is -0.343 e. The zero-order chi connectivity index (χ0) is 14.0. The molecule has 2 rings (SSSR count). The fraction of sp³-hybridized carbons (Fsp3) is 0.429. The van der Waals surface area contributed by atoms with E-state index in [-0.39, 0.29) is 17.5 Å². The first-order valence-corrected chi connectivity index (χ1v) is 6.96. The van der Waals surface area contributed by atoms with Gasteiger partial charge in [-0.1, -0.05) is 15.9 Å². The Kier molecular flexibility index (Phi) is 4.04. The molecular weight excluding hydrogens is 313 g/mol. The Hall–Kier alpha value is -1.23. The van der Waals surface area contributed by atoms with E-state index in [0.717, 1.165) is 0 Å². The summed E-state index contributed by atoms with van der Waals surface area (Å²) >= 11 is 3.51. The summed E-state index contributed by atoms with van der Waals surface area (Å²) in [4.78, 5) is 25.4. The Balaban J connectivity index is 2.11. The van der Waals surface area contributed by atoms with Gasteiger partial charge in [-0.15, -0.1) is 0 Å². The number of hydrogen-bond acceptors (Lipinski definition) is 2. The maximum atomic E-state index is 12.9. The standard InChI is InChI=1S/C14H15BrFNO2/c1-10(18)17-8-6-14(15,7-9-17)13(19)11-2-4-12(16)5-3-11/h2-5H,6-9H2,1H3. The first-order valence-electron chi connectivity index (χ1n) is 6.17. The van der Waals surface area contributed by atoms with Crippen LogP contribution in [0.3, 0.4) is 0 Å². The van der Waals surface area contributed by atoms with Crippen LogP contribution in [-0.2, 0) is 4.79 Å². The van der Waals surface area contributed by atoms with Crippen molar-refractivity contribution in [1.82, 2.24) is 4.90 Å². The molecule has 1 amide bonds. The number of likely N-dealkylation sites (tertiary alicyclic amines) is 1. The number of ketones is 1. The average Bonchev–Trinajstić information content (AvgIpc) is 2.39. The number of rotatable bonds is 2. The second-order valence-electron chi connectivity index (χ2n) is 4.81. The van der Waals surface area contributed by atoms with Gasteiger partial charge < -0.3 is 4.90 Å². The van der Waals surface area contributed by atoms with Crippen LogP contribution >= 0.6 is 15.9 Å². The van der Waals surface area contributed by atoms with Crippen LogP contribution < -0.4 is 0 Å². The van der Waals surface area contributed by atoms with E-state index < -0.39 is 4.32 Å². The molecule has 0 aromatic heterocycles. The molecule has 0 aliphatic carbocycles. The molecule has 5 heteroatoms. The number of amides is 1. The Morgan fingerprint density at radius 1 is 1.21 bits per heavy atom. The van der Waals surface area contributed by atoms with Gasteiger partial charge in [0, 0.05) is 25.6 Å². The van der Waals surface area contributed by atoms with Gasteiger partial charge in [0.2, 0.25) is 5.91 Å². The number of hydrogen-bond donors (Lipinski definition) is 0. The molecule has 19 heavy (non-hydrogen) atoms. The normalized spacial score (nSPS) is 18.2. The summed E-state index contributed by atoms with van der Waals surface area (Å²) in [6.45, 7) is 2.66. The summed E-state index contributed by atoms with van der Waals surface area (Å²) in [5, 5.41) is 0. The zero-order valence-corrected chi connectivity index (χ0v) is 12.2. The lowest BCUT2D eigenvalue weighted by atomic mass is 9.88. The highest BCUT2D eigenvalue weighted by Gasteiger charge is 2.39. The van der Waals surface area contributed by atoms with Crippen LogP contribution in [0.15, 0.2) is 24.3 Å². The molecule has 1 heterocycles. The lowest BCUT2D eigenvalue weighted by Gasteiger charge is -2.36. The third-order valence-electron chi connectivity index (χ3n) is 3.51. The quantitative estimate of drug-likeness (QED) is 0.618. The number of Topliss-reactive ketones (excluding diaryl/α,β-unsaturated/α-hetero) is 1. The van der Waals surface area contributed by atoms with Crippen LogP contribution in [0.1, 0.15) is 30.1 Å². The van der Waals surface area contributed by atoms with Crippen molar-refractivity contribution in [2.75, 3.05) is 13.1 Å². The Bertz CT molecular complexity index is 493. The van der Waals surface area contributed by atoms with E-state index in [1.165, 1.54) is 31.2 Å². The highest BCUT2D eigenvalue weighted by atomic mass is 79.9. The molecule has 0 spiro atoms. The van der Waals surface area contributed by atoms with E-state index in [0.29, 0.717) is 31.5 Å². The molecule has 0 unspecified atom stereocenters. The van der Waals surface area contributed by atoms with Crippen LogP contribution in [0.25, 0.3) is 0 Å². The van der Waals surface area contributed by atoms with E-state index in [1.54, 1.807) is 4.90 Å². The van der Waals surface area contributed by atoms with Crippen molar-refractivity contribution in [2.24, 2.45) is 0 Å². The number of piperidine rings is 1. The van der Waals surface area contributed by atoms with Crippen molar-refractivity contribution in [3.63, 3.8) is 0 Å². The maximum Gasteiger partial charge on any atom is 0.219 e. The predicted octanol–water partition coefficient (Wildman–Crippen LogP) is 2.78. The number of carbonyl (C=O) groups excluding carboxylic acids is 2. The summed E-state index contributed by atoms with van der Waals surface area (Å²) in [5.74, 6) is -0.369. The van der Waals surface area contributed by atoms with E-state index in [9.17, 15) is 14.0 Å². The van der Waals surface area contributed by atoms with Gasteiger partial charge in [-0.05, 0) is 37.1 Å². The van der Waals surface area contributed by atoms with Gasteiger partial charge in [-0.25, -0.2) is 4.39 Å². The highest BCUT2D eigenvalue weighted by Crippen LogP contribution is 2.34. The largest absolute Gasteiger partial charge is 0.343 e. The van der Waals surface area contributed by atoms with Gasteiger partial charge in [0.15, 0.2) is 5.78 Å². The van der Waals surface area contributed by atoms with Crippen molar-refractivity contribution in [3.8, 4) is 0 Å². The molecule has 0 saturated carbocycles. The Labute approximate surface area is 119 Å². The molecule has 0 N–H and O–H groups in total. The molecular formula is C14H15BrFNO2. The summed E-state index contributed by atoms with van der Waals surface area (Å²) in [5.41, 5.74) is 0.495. The molecule has 1 fully saturated rings. The van der Waals surface area contributed by atoms with Crippen LogP contribution in [0.4, 0.5) is 4.39 Å². The molecule has 0 radical (unpaired) electrons. The summed E-state index contributed by atoms with van der Waals surface area (Å²) < 4.78 is 12.2. The summed E-state index contributed by atoms with van der Waals surface area (Å²) in [6, 6.07) is 5.57. The van der Waals surface area contributed by atoms with Gasteiger partial charge in [0.1, 0.15) is 5.82 Å². The molecule has 3 nitrogen and oxygen atoms in total. The summed E-state index contributed by atoms with van der Waals surface area (Å²) in [7, 11) is 0. The number of nitrogens with zero attached hydrogens (tertiary/aromatic N) is 1. The van der Waals surface area contributed by atoms with Crippen molar-refractivity contribution >= 4 is 27.6 Å². The SMILES string of the molecule is CC(=O)N1CCC(Br)(C(=O)c2ccc(F)cc2)CC1.